The Balaban J connectivity index is 4.45. The Kier molecular flexibility index (Phi) is 0.677. The molecule has 0 aliphatic rings. The first-order valence-electron chi connectivity index (χ1n) is 12.9. The van der Waals surface area contributed by atoms with Gasteiger partial charge in [0.15, 0.2) is 0 Å². The molecule has 0 bridgehead atoms. The average molecular weight is 287 g/mol. The summed E-state index contributed by atoms with van der Waals surface area (Å²) in [5.74, 6) is 0. The fourth-order valence-electron chi connectivity index (χ4n) is 1.02. The standard InChI is InChI=1S/C14H21Br/c1-13(2,3)10-7-11(14(4,5)6)9-12(15)8-10/h7-9H,1-6H3/i1D3,2D3,3D3,4D3,5D3,6D3. The van der Waals surface area contributed by atoms with Crippen LogP contribution in [0.25, 0.3) is 0 Å². The van der Waals surface area contributed by atoms with Gasteiger partial charge in [-0.2, -0.15) is 0 Å². The van der Waals surface area contributed by atoms with Crippen LogP contribution in [0.15, 0.2) is 22.7 Å². The molecule has 1 rings (SSSR count). The smallest absolute Gasteiger partial charge is 0.0239 e. The zero-order valence-corrected chi connectivity index (χ0v) is 9.20. The molecule has 0 aliphatic heterocycles. The molecule has 0 saturated heterocycles. The van der Waals surface area contributed by atoms with Gasteiger partial charge in [0.1, 0.15) is 0 Å². The van der Waals surface area contributed by atoms with E-state index in [0.717, 1.165) is 12.1 Å². The molecule has 1 aromatic carbocycles. The maximum Gasteiger partial charge on any atom is 0.0239 e. The molecule has 84 valence electrons. The summed E-state index contributed by atoms with van der Waals surface area (Å²) in [6, 6.07) is 2.02. The number of benzene rings is 1. The summed E-state index contributed by atoms with van der Waals surface area (Å²) in [7, 11) is 0. The van der Waals surface area contributed by atoms with Gasteiger partial charge in [-0.1, -0.05) is 63.1 Å². The summed E-state index contributed by atoms with van der Waals surface area (Å²) < 4.78 is 140. The van der Waals surface area contributed by atoms with Crippen LogP contribution in [0.1, 0.15) is 76.9 Å². The zero-order valence-electron chi connectivity index (χ0n) is 25.6. The van der Waals surface area contributed by atoms with Crippen molar-refractivity contribution in [2.45, 2.75) is 51.9 Å². The first-order chi connectivity index (χ1) is 14.1. The Hall–Kier alpha value is -0.300. The highest BCUT2D eigenvalue weighted by atomic mass is 79.9. The first kappa shape index (κ1) is 2.58. The van der Waals surface area contributed by atoms with Crippen LogP contribution in [0.2, 0.25) is 0 Å². The van der Waals surface area contributed by atoms with Crippen molar-refractivity contribution in [3.8, 4) is 0 Å². The normalized spacial score (nSPS) is 35.8. The topological polar surface area (TPSA) is 0 Å². The highest BCUT2D eigenvalue weighted by Crippen LogP contribution is 2.31. The molecular weight excluding hydrogens is 248 g/mol. The van der Waals surface area contributed by atoms with Crippen LogP contribution in [0, 0.1) is 0 Å². The third-order valence-electron chi connectivity index (χ3n) is 1.76. The molecule has 1 aromatic rings. The summed E-state index contributed by atoms with van der Waals surface area (Å²) in [5, 5.41) is 0. The van der Waals surface area contributed by atoms with Gasteiger partial charge in [-0.05, 0) is 34.1 Å². The van der Waals surface area contributed by atoms with Gasteiger partial charge in [0.05, 0.1) is 0 Å². The Bertz CT molecular complexity index is 719. The Labute approximate surface area is 128 Å². The molecule has 1 heteroatoms. The van der Waals surface area contributed by atoms with Gasteiger partial charge in [-0.25, -0.2) is 0 Å². The van der Waals surface area contributed by atoms with Crippen molar-refractivity contribution < 1.29 is 24.7 Å². The van der Waals surface area contributed by atoms with E-state index >= 15 is 0 Å². The van der Waals surface area contributed by atoms with Gasteiger partial charge in [0.25, 0.3) is 0 Å². The zero-order chi connectivity index (χ0) is 26.9. The molecule has 0 amide bonds. The summed E-state index contributed by atoms with van der Waals surface area (Å²) in [6.07, 6.45) is 0. The van der Waals surface area contributed by atoms with E-state index in [-0.39, 0.29) is 4.47 Å². The first-order valence-corrected chi connectivity index (χ1v) is 4.71. The summed E-state index contributed by atoms with van der Waals surface area (Å²) in [5.41, 5.74) is -9.16. The van der Waals surface area contributed by atoms with Crippen molar-refractivity contribution in [2.75, 3.05) is 0 Å². The SMILES string of the molecule is [2H]C([2H])([2H])C(c1cc(Br)cc(C(C([2H])([2H])[2H])(C([2H])([2H])[2H])C([2H])([2H])[2H])c1)(C([2H])([2H])[2H])C([2H])([2H])[2H]. The lowest BCUT2D eigenvalue weighted by atomic mass is 9.81. The highest BCUT2D eigenvalue weighted by molar-refractivity contribution is 9.10. The second kappa shape index (κ2) is 3.93. The molecule has 0 atom stereocenters. The lowest BCUT2D eigenvalue weighted by molar-refractivity contribution is 0.568. The van der Waals surface area contributed by atoms with Crippen LogP contribution in [0.3, 0.4) is 0 Å². The van der Waals surface area contributed by atoms with Gasteiger partial charge in [0.2, 0.25) is 0 Å². The molecule has 0 nitrogen and oxygen atoms in total. The molecule has 0 saturated carbocycles. The van der Waals surface area contributed by atoms with Crippen molar-refractivity contribution in [3.05, 3.63) is 33.8 Å². The Morgan fingerprint density at radius 1 is 0.867 bits per heavy atom. The van der Waals surface area contributed by atoms with Gasteiger partial charge in [-0.15, -0.1) is 0 Å². The van der Waals surface area contributed by atoms with Crippen LogP contribution in [-0.2, 0) is 10.8 Å². The van der Waals surface area contributed by atoms with Gasteiger partial charge >= 0.3 is 0 Å². The molecular formula is C14H21Br. The number of rotatable bonds is 0. The van der Waals surface area contributed by atoms with E-state index in [2.05, 4.69) is 15.9 Å². The van der Waals surface area contributed by atoms with Gasteiger partial charge in [0, 0.05) is 29.1 Å². The van der Waals surface area contributed by atoms with Crippen LogP contribution >= 0.6 is 15.9 Å². The second-order valence-electron chi connectivity index (χ2n) is 3.23. The maximum atomic E-state index is 7.82. The van der Waals surface area contributed by atoms with Crippen LogP contribution in [0.5, 0.6) is 0 Å². The summed E-state index contributed by atoms with van der Waals surface area (Å²) >= 11 is 2.90. The Morgan fingerprint density at radius 2 is 1.27 bits per heavy atom. The molecule has 15 heavy (non-hydrogen) atoms. The van der Waals surface area contributed by atoms with Crippen molar-refractivity contribution in [2.24, 2.45) is 0 Å². The molecule has 0 unspecified atom stereocenters. The summed E-state index contributed by atoms with van der Waals surface area (Å²) in [6.45, 7) is -22.4. The van der Waals surface area contributed by atoms with Gasteiger partial charge in [-0.3, -0.25) is 0 Å². The molecule has 0 heterocycles. The minimum atomic E-state index is -3.73. The highest BCUT2D eigenvalue weighted by Gasteiger charge is 2.19. The monoisotopic (exact) mass is 286 g/mol. The second-order valence-corrected chi connectivity index (χ2v) is 4.14. The predicted octanol–water partition coefficient (Wildman–Crippen LogP) is 5.04. The molecule has 0 aromatic heterocycles. The van der Waals surface area contributed by atoms with E-state index in [1.54, 1.807) is 0 Å². The van der Waals surface area contributed by atoms with Crippen LogP contribution < -0.4 is 0 Å². The largest absolute Gasteiger partial charge is 0.0561 e. The van der Waals surface area contributed by atoms with Crippen molar-refractivity contribution >= 4 is 15.9 Å². The average Bonchev–Trinajstić information content (AvgIpc) is 2.36. The molecule has 0 spiro atoms. The van der Waals surface area contributed by atoms with E-state index in [4.69, 9.17) is 24.7 Å². The summed E-state index contributed by atoms with van der Waals surface area (Å²) in [4.78, 5) is 0. The number of halogens is 1. The van der Waals surface area contributed by atoms with E-state index in [9.17, 15) is 0 Å². The van der Waals surface area contributed by atoms with Crippen molar-refractivity contribution in [3.63, 3.8) is 0 Å². The molecule has 0 radical (unpaired) electrons. The Morgan fingerprint density at radius 3 is 1.60 bits per heavy atom. The third kappa shape index (κ3) is 3.34. The van der Waals surface area contributed by atoms with Crippen LogP contribution in [0.4, 0.5) is 0 Å². The quantitative estimate of drug-likeness (QED) is 0.627. The van der Waals surface area contributed by atoms with E-state index in [0.29, 0.717) is 6.07 Å². The van der Waals surface area contributed by atoms with Crippen LogP contribution in [-0.4, -0.2) is 0 Å². The lowest BCUT2D eigenvalue weighted by Gasteiger charge is -2.25. The lowest BCUT2D eigenvalue weighted by Crippen LogP contribution is -2.16. The molecule has 0 N–H and O–H groups in total. The molecule has 0 fully saturated rings. The minimum Gasteiger partial charge on any atom is -0.0561 e. The van der Waals surface area contributed by atoms with Crippen molar-refractivity contribution in [1.82, 2.24) is 0 Å². The number of hydrogen-bond acceptors (Lipinski definition) is 0. The van der Waals surface area contributed by atoms with E-state index in [1.807, 2.05) is 0 Å². The van der Waals surface area contributed by atoms with E-state index < -0.39 is 63.1 Å². The van der Waals surface area contributed by atoms with Crippen molar-refractivity contribution in [1.29, 1.82) is 0 Å². The fraction of sp³-hybridized carbons (Fsp3) is 0.571. The number of hydrogen-bond donors (Lipinski definition) is 0. The third-order valence-corrected chi connectivity index (χ3v) is 2.22. The maximum absolute atomic E-state index is 7.82. The fourth-order valence-corrected chi connectivity index (χ4v) is 1.52. The predicted molar refractivity (Wildman–Crippen MR) is 71.5 cm³/mol. The minimum absolute atomic E-state index is 0.306. The van der Waals surface area contributed by atoms with Gasteiger partial charge < -0.3 is 0 Å². The molecule has 0 aliphatic carbocycles. The van der Waals surface area contributed by atoms with E-state index in [1.165, 1.54) is 0 Å².